The van der Waals surface area contributed by atoms with Crippen LogP contribution in [0, 0.1) is 0 Å². The number of carbonyl (C=O) groups is 1. The summed E-state index contributed by atoms with van der Waals surface area (Å²) in [6, 6.07) is 5.08. The quantitative estimate of drug-likeness (QED) is 0.786. The zero-order valence-electron chi connectivity index (χ0n) is 13.1. The number of hydrogen-bond acceptors (Lipinski definition) is 5. The van der Waals surface area contributed by atoms with E-state index in [0.717, 1.165) is 28.2 Å². The maximum Gasteiger partial charge on any atom is 0.264 e. The molecule has 2 aromatic heterocycles. The van der Waals surface area contributed by atoms with Crippen molar-refractivity contribution in [1.82, 2.24) is 9.21 Å². The van der Waals surface area contributed by atoms with E-state index in [1.54, 1.807) is 11.0 Å². The number of rotatable bonds is 4. The molecule has 0 aliphatic carbocycles. The molecule has 2 aromatic rings. The molecule has 24 heavy (non-hydrogen) atoms. The molecule has 9 heteroatoms. The summed E-state index contributed by atoms with van der Waals surface area (Å²) < 4.78 is 27.3. The van der Waals surface area contributed by atoms with Gasteiger partial charge < -0.3 is 4.90 Å². The Balaban J connectivity index is 1.69. The van der Waals surface area contributed by atoms with E-state index < -0.39 is 10.0 Å². The summed E-state index contributed by atoms with van der Waals surface area (Å²) in [5.41, 5.74) is 1.05. The minimum absolute atomic E-state index is 0.00179. The molecule has 0 unspecified atom stereocenters. The highest BCUT2D eigenvalue weighted by molar-refractivity contribution is 7.91. The first-order valence-corrected chi connectivity index (χ1v) is 11.1. The number of amides is 1. The smallest absolute Gasteiger partial charge is 0.264 e. The Morgan fingerprint density at radius 1 is 1.21 bits per heavy atom. The van der Waals surface area contributed by atoms with E-state index >= 15 is 0 Å². The van der Waals surface area contributed by atoms with Gasteiger partial charge in [0.1, 0.15) is 4.21 Å². The van der Waals surface area contributed by atoms with Gasteiger partial charge in [0.2, 0.25) is 0 Å². The van der Waals surface area contributed by atoms with E-state index in [0.29, 0.717) is 30.5 Å². The van der Waals surface area contributed by atoms with Crippen molar-refractivity contribution >= 4 is 50.2 Å². The monoisotopic (exact) mass is 404 g/mol. The highest BCUT2D eigenvalue weighted by Crippen LogP contribution is 2.29. The van der Waals surface area contributed by atoms with Gasteiger partial charge in [0, 0.05) is 26.2 Å². The Hall–Kier alpha value is -0.930. The number of halogens is 1. The maximum atomic E-state index is 12.6. The van der Waals surface area contributed by atoms with Crippen molar-refractivity contribution in [3.05, 3.63) is 38.4 Å². The van der Waals surface area contributed by atoms with E-state index in [9.17, 15) is 13.2 Å². The molecule has 5 nitrogen and oxygen atoms in total. The lowest BCUT2D eigenvalue weighted by molar-refractivity contribution is 0.0702. The lowest BCUT2D eigenvalue weighted by Crippen LogP contribution is -2.50. The summed E-state index contributed by atoms with van der Waals surface area (Å²) in [5, 5.41) is 1.92. The number of aryl methyl sites for hydroxylation is 1. The minimum atomic E-state index is -3.52. The van der Waals surface area contributed by atoms with E-state index in [1.165, 1.54) is 21.7 Å². The number of hydrogen-bond donors (Lipinski definition) is 0. The van der Waals surface area contributed by atoms with Gasteiger partial charge in [-0.2, -0.15) is 4.31 Å². The third-order valence-corrected chi connectivity index (χ3v) is 8.53. The van der Waals surface area contributed by atoms with Crippen LogP contribution in [0.5, 0.6) is 0 Å². The van der Waals surface area contributed by atoms with Crippen LogP contribution in [0.3, 0.4) is 0 Å². The molecule has 0 spiro atoms. The molecule has 0 aromatic carbocycles. The first kappa shape index (κ1) is 17.9. The Morgan fingerprint density at radius 2 is 1.92 bits per heavy atom. The van der Waals surface area contributed by atoms with E-state index in [1.807, 2.05) is 18.4 Å². The molecule has 1 fully saturated rings. The molecule has 3 rings (SSSR count). The van der Waals surface area contributed by atoms with Gasteiger partial charge in [0.15, 0.2) is 0 Å². The standard InChI is InChI=1S/C15H17ClN2O3S3/c1-2-11-5-10-22-14(11)15(19)17-6-8-18(9-7-17)24(20,21)13-4-3-12(16)23-13/h3-5,10H,2,6-9H2,1H3. The van der Waals surface area contributed by atoms with Crippen molar-refractivity contribution in [3.8, 4) is 0 Å². The maximum absolute atomic E-state index is 12.6. The summed E-state index contributed by atoms with van der Waals surface area (Å²) in [4.78, 5) is 15.1. The molecule has 0 atom stereocenters. The highest BCUT2D eigenvalue weighted by Gasteiger charge is 2.32. The third-order valence-electron chi connectivity index (χ3n) is 3.99. The Labute approximate surface area is 154 Å². The third kappa shape index (κ3) is 3.39. The second-order valence-electron chi connectivity index (χ2n) is 5.38. The Kier molecular flexibility index (Phi) is 5.31. The molecule has 1 saturated heterocycles. The second-order valence-corrected chi connectivity index (χ2v) is 10.2. The SMILES string of the molecule is CCc1ccsc1C(=O)N1CCN(S(=O)(=O)c2ccc(Cl)s2)CC1. The first-order chi connectivity index (χ1) is 11.4. The minimum Gasteiger partial charge on any atom is -0.335 e. The predicted molar refractivity (Wildman–Crippen MR) is 97.7 cm³/mol. The average molecular weight is 405 g/mol. The van der Waals surface area contributed by atoms with Crippen LogP contribution in [-0.4, -0.2) is 49.7 Å². The fraction of sp³-hybridized carbons (Fsp3) is 0.400. The number of sulfonamides is 1. The van der Waals surface area contributed by atoms with Gasteiger partial charge in [-0.3, -0.25) is 4.79 Å². The number of nitrogens with zero attached hydrogens (tertiary/aromatic N) is 2. The summed E-state index contributed by atoms with van der Waals surface area (Å²) in [6.07, 6.45) is 0.818. The van der Waals surface area contributed by atoms with Gasteiger partial charge in [-0.15, -0.1) is 22.7 Å². The van der Waals surface area contributed by atoms with Crippen LogP contribution in [0.25, 0.3) is 0 Å². The van der Waals surface area contributed by atoms with Crippen molar-refractivity contribution in [2.45, 2.75) is 17.6 Å². The molecular formula is C15H17ClN2O3S3. The molecule has 0 saturated carbocycles. The van der Waals surface area contributed by atoms with Crippen LogP contribution in [-0.2, 0) is 16.4 Å². The summed E-state index contributed by atoms with van der Waals surface area (Å²) in [7, 11) is -3.52. The van der Waals surface area contributed by atoms with Crippen LogP contribution in [0.2, 0.25) is 4.34 Å². The van der Waals surface area contributed by atoms with Crippen LogP contribution in [0.1, 0.15) is 22.2 Å². The summed E-state index contributed by atoms with van der Waals surface area (Å²) in [6.45, 7) is 3.43. The van der Waals surface area contributed by atoms with Crippen molar-refractivity contribution in [2.75, 3.05) is 26.2 Å². The van der Waals surface area contributed by atoms with Gasteiger partial charge in [-0.05, 0) is 35.6 Å². The van der Waals surface area contributed by atoms with Crippen LogP contribution < -0.4 is 0 Å². The predicted octanol–water partition coefficient (Wildman–Crippen LogP) is 3.17. The first-order valence-electron chi connectivity index (χ1n) is 7.54. The fourth-order valence-electron chi connectivity index (χ4n) is 2.64. The van der Waals surface area contributed by atoms with Crippen molar-refractivity contribution in [3.63, 3.8) is 0 Å². The molecule has 0 N–H and O–H groups in total. The molecule has 0 bridgehead atoms. The molecule has 1 aliphatic heterocycles. The van der Waals surface area contributed by atoms with Crippen molar-refractivity contribution in [1.29, 1.82) is 0 Å². The van der Waals surface area contributed by atoms with Gasteiger partial charge in [-0.1, -0.05) is 18.5 Å². The second kappa shape index (κ2) is 7.13. The molecular weight excluding hydrogens is 388 g/mol. The molecule has 130 valence electrons. The summed E-state index contributed by atoms with van der Waals surface area (Å²) >= 11 is 8.34. The van der Waals surface area contributed by atoms with E-state index in [2.05, 4.69) is 0 Å². The number of piperazine rings is 1. The van der Waals surface area contributed by atoms with Gasteiger partial charge in [0.25, 0.3) is 15.9 Å². The van der Waals surface area contributed by atoms with Crippen molar-refractivity contribution in [2.24, 2.45) is 0 Å². The lowest BCUT2D eigenvalue weighted by Gasteiger charge is -2.33. The normalized spacial score (nSPS) is 16.5. The van der Waals surface area contributed by atoms with Crippen molar-refractivity contribution < 1.29 is 13.2 Å². The van der Waals surface area contributed by atoms with E-state index in [4.69, 9.17) is 11.6 Å². The molecule has 1 aliphatic rings. The largest absolute Gasteiger partial charge is 0.335 e. The van der Waals surface area contributed by atoms with Crippen LogP contribution in [0.4, 0.5) is 0 Å². The lowest BCUT2D eigenvalue weighted by atomic mass is 10.2. The zero-order valence-corrected chi connectivity index (χ0v) is 16.3. The Morgan fingerprint density at radius 3 is 2.50 bits per heavy atom. The number of thiophene rings is 2. The zero-order chi connectivity index (χ0) is 17.3. The fourth-order valence-corrected chi connectivity index (χ4v) is 6.66. The van der Waals surface area contributed by atoms with E-state index in [-0.39, 0.29) is 10.1 Å². The summed E-state index contributed by atoms with van der Waals surface area (Å²) in [5.74, 6) is -0.00179. The highest BCUT2D eigenvalue weighted by atomic mass is 35.5. The Bertz CT molecular complexity index is 836. The average Bonchev–Trinajstić information content (AvgIpc) is 3.23. The number of carbonyl (C=O) groups excluding carboxylic acids is 1. The molecule has 3 heterocycles. The molecule has 0 radical (unpaired) electrons. The van der Waals surface area contributed by atoms with Gasteiger partial charge in [-0.25, -0.2) is 8.42 Å². The van der Waals surface area contributed by atoms with Crippen LogP contribution in [0.15, 0.2) is 27.8 Å². The van der Waals surface area contributed by atoms with Crippen LogP contribution >= 0.6 is 34.3 Å². The van der Waals surface area contributed by atoms with Gasteiger partial charge >= 0.3 is 0 Å². The van der Waals surface area contributed by atoms with Gasteiger partial charge in [0.05, 0.1) is 9.21 Å². The topological polar surface area (TPSA) is 57.7 Å². The molecule has 1 amide bonds.